The fourth-order valence-electron chi connectivity index (χ4n) is 2.22. The summed E-state index contributed by atoms with van der Waals surface area (Å²) in [5, 5.41) is 9.86. The Morgan fingerprint density at radius 1 is 1.42 bits per heavy atom. The van der Waals surface area contributed by atoms with Crippen LogP contribution in [-0.4, -0.2) is 17.6 Å². The van der Waals surface area contributed by atoms with Crippen LogP contribution in [0.2, 0.25) is 0 Å². The molecule has 2 aromatic rings. The number of carbonyl (C=O) groups is 1. The Kier molecular flexibility index (Phi) is 2.95. The Labute approximate surface area is 111 Å². The number of nitrogens with one attached hydrogen (secondary N) is 2. The lowest BCUT2D eigenvalue weighted by Crippen LogP contribution is -2.14. The van der Waals surface area contributed by atoms with Crippen LogP contribution >= 0.6 is 0 Å². The van der Waals surface area contributed by atoms with Gasteiger partial charge >= 0.3 is 0 Å². The summed E-state index contributed by atoms with van der Waals surface area (Å²) in [6.07, 6.45) is 2.15. The monoisotopic (exact) mass is 257 g/mol. The molecule has 5 heteroatoms. The molecule has 0 atom stereocenters. The van der Waals surface area contributed by atoms with E-state index in [1.807, 2.05) is 18.2 Å². The third-order valence-corrected chi connectivity index (χ3v) is 3.15. The predicted octanol–water partition coefficient (Wildman–Crippen LogP) is 2.59. The van der Waals surface area contributed by atoms with Gasteiger partial charge in [-0.25, -0.2) is 0 Å². The summed E-state index contributed by atoms with van der Waals surface area (Å²) in [7, 11) is 0. The molecule has 0 aliphatic carbocycles. The van der Waals surface area contributed by atoms with Gasteiger partial charge in [0.25, 0.3) is 5.91 Å². The summed E-state index contributed by atoms with van der Waals surface area (Å²) in [5.41, 5.74) is 3.86. The van der Waals surface area contributed by atoms with Gasteiger partial charge in [-0.2, -0.15) is 0 Å². The number of benzene rings is 1. The van der Waals surface area contributed by atoms with E-state index in [2.05, 4.69) is 15.8 Å². The molecule has 0 bridgehead atoms. The number of aryl methyl sites for hydroxylation is 2. The van der Waals surface area contributed by atoms with Crippen molar-refractivity contribution in [1.29, 1.82) is 0 Å². The minimum absolute atomic E-state index is 0.230. The zero-order chi connectivity index (χ0) is 13.2. The van der Waals surface area contributed by atoms with Gasteiger partial charge in [-0.1, -0.05) is 5.16 Å². The predicted molar refractivity (Wildman–Crippen MR) is 72.4 cm³/mol. The van der Waals surface area contributed by atoms with Crippen LogP contribution in [0.15, 0.2) is 28.8 Å². The number of hydrogen-bond acceptors (Lipinski definition) is 4. The molecule has 0 unspecified atom stereocenters. The summed E-state index contributed by atoms with van der Waals surface area (Å²) in [6.45, 7) is 2.79. The van der Waals surface area contributed by atoms with Crippen molar-refractivity contribution < 1.29 is 9.32 Å². The summed E-state index contributed by atoms with van der Waals surface area (Å²) in [6, 6.07) is 7.51. The maximum absolute atomic E-state index is 11.9. The molecule has 2 N–H and O–H groups in total. The highest BCUT2D eigenvalue weighted by Gasteiger charge is 2.13. The maximum atomic E-state index is 11.9. The summed E-state index contributed by atoms with van der Waals surface area (Å²) >= 11 is 0. The van der Waals surface area contributed by atoms with Crippen LogP contribution in [0.4, 0.5) is 11.4 Å². The van der Waals surface area contributed by atoms with E-state index >= 15 is 0 Å². The average molecular weight is 257 g/mol. The Morgan fingerprint density at radius 2 is 2.32 bits per heavy atom. The van der Waals surface area contributed by atoms with Crippen LogP contribution in [0.1, 0.15) is 28.2 Å². The number of aromatic nitrogens is 1. The van der Waals surface area contributed by atoms with Crippen molar-refractivity contribution in [2.24, 2.45) is 0 Å². The molecule has 0 saturated carbocycles. The minimum atomic E-state index is -0.274. The van der Waals surface area contributed by atoms with Crippen molar-refractivity contribution in [2.45, 2.75) is 19.8 Å². The standard InChI is InChI=1S/C14H15N3O2/c1-9-7-13(19-17-9)14(18)16-11-4-5-12-10(8-11)3-2-6-15-12/h4-5,7-8,15H,2-3,6H2,1H3,(H,16,18). The number of carbonyl (C=O) groups excluding carboxylic acids is 1. The molecule has 98 valence electrons. The van der Waals surface area contributed by atoms with Crippen molar-refractivity contribution in [3.63, 3.8) is 0 Å². The van der Waals surface area contributed by atoms with E-state index in [-0.39, 0.29) is 11.7 Å². The highest BCUT2D eigenvalue weighted by atomic mass is 16.5. The first-order valence-corrected chi connectivity index (χ1v) is 6.34. The summed E-state index contributed by atoms with van der Waals surface area (Å²) in [4.78, 5) is 11.9. The number of nitrogens with zero attached hydrogens (tertiary/aromatic N) is 1. The van der Waals surface area contributed by atoms with Gasteiger partial charge in [0.05, 0.1) is 5.69 Å². The van der Waals surface area contributed by atoms with Crippen molar-refractivity contribution in [1.82, 2.24) is 5.16 Å². The first-order chi connectivity index (χ1) is 9.22. The van der Waals surface area contributed by atoms with E-state index in [9.17, 15) is 4.79 Å². The first-order valence-electron chi connectivity index (χ1n) is 6.34. The Bertz CT molecular complexity index is 619. The molecule has 1 amide bonds. The molecule has 1 aromatic heterocycles. The number of rotatable bonds is 2. The smallest absolute Gasteiger partial charge is 0.294 e. The van der Waals surface area contributed by atoms with Crippen molar-refractivity contribution in [2.75, 3.05) is 17.2 Å². The van der Waals surface area contributed by atoms with Gasteiger partial charge in [-0.05, 0) is 43.5 Å². The van der Waals surface area contributed by atoms with E-state index in [1.165, 1.54) is 5.56 Å². The van der Waals surface area contributed by atoms with Gasteiger partial charge in [0.15, 0.2) is 0 Å². The number of fused-ring (bicyclic) bond motifs is 1. The maximum Gasteiger partial charge on any atom is 0.294 e. The zero-order valence-corrected chi connectivity index (χ0v) is 10.7. The molecule has 19 heavy (non-hydrogen) atoms. The topological polar surface area (TPSA) is 67.2 Å². The van der Waals surface area contributed by atoms with E-state index in [0.717, 1.165) is 30.8 Å². The van der Waals surface area contributed by atoms with Crippen LogP contribution in [0, 0.1) is 6.92 Å². The summed E-state index contributed by atoms with van der Waals surface area (Å²) in [5.74, 6) is -0.0438. The van der Waals surface area contributed by atoms with Crippen LogP contribution in [0.5, 0.6) is 0 Å². The lowest BCUT2D eigenvalue weighted by atomic mass is 10.0. The zero-order valence-electron chi connectivity index (χ0n) is 10.7. The van der Waals surface area contributed by atoms with Gasteiger partial charge < -0.3 is 15.2 Å². The van der Waals surface area contributed by atoms with Crippen molar-refractivity contribution in [3.05, 3.63) is 41.3 Å². The Balaban J connectivity index is 1.78. The van der Waals surface area contributed by atoms with Crippen LogP contribution in [-0.2, 0) is 6.42 Å². The lowest BCUT2D eigenvalue weighted by Gasteiger charge is -2.18. The second kappa shape index (κ2) is 4.76. The van der Waals surface area contributed by atoms with Gasteiger partial charge in [0, 0.05) is 24.0 Å². The highest BCUT2D eigenvalue weighted by Crippen LogP contribution is 2.25. The fraction of sp³-hybridized carbons (Fsp3) is 0.286. The number of hydrogen-bond donors (Lipinski definition) is 2. The molecule has 0 fully saturated rings. The van der Waals surface area contributed by atoms with Crippen molar-refractivity contribution in [3.8, 4) is 0 Å². The molecule has 1 aliphatic heterocycles. The molecule has 5 nitrogen and oxygen atoms in total. The van der Waals surface area contributed by atoms with Crippen LogP contribution in [0.3, 0.4) is 0 Å². The molecule has 0 saturated heterocycles. The second-order valence-electron chi connectivity index (χ2n) is 4.69. The molecular formula is C14H15N3O2. The molecule has 0 spiro atoms. The van der Waals surface area contributed by atoms with Gasteiger partial charge in [0.2, 0.25) is 5.76 Å². The first kappa shape index (κ1) is 11.8. The largest absolute Gasteiger partial charge is 0.385 e. The van der Waals surface area contributed by atoms with Crippen molar-refractivity contribution >= 4 is 17.3 Å². The normalized spacial score (nSPS) is 13.5. The molecule has 1 aliphatic rings. The Morgan fingerprint density at radius 3 is 3.11 bits per heavy atom. The second-order valence-corrected chi connectivity index (χ2v) is 4.69. The highest BCUT2D eigenvalue weighted by molar-refractivity contribution is 6.02. The van der Waals surface area contributed by atoms with Gasteiger partial charge in [-0.3, -0.25) is 4.79 Å². The Hall–Kier alpha value is -2.30. The molecule has 2 heterocycles. The molecule has 3 rings (SSSR count). The molecule has 1 aromatic carbocycles. The quantitative estimate of drug-likeness (QED) is 0.867. The SMILES string of the molecule is Cc1cc(C(=O)Nc2ccc3c(c2)CCCN3)on1. The molecule has 0 radical (unpaired) electrons. The van der Waals surface area contributed by atoms with Gasteiger partial charge in [0.1, 0.15) is 0 Å². The molecular weight excluding hydrogens is 242 g/mol. The van der Waals surface area contributed by atoms with E-state index in [1.54, 1.807) is 13.0 Å². The third kappa shape index (κ3) is 2.45. The average Bonchev–Trinajstić information content (AvgIpc) is 2.85. The van der Waals surface area contributed by atoms with E-state index in [4.69, 9.17) is 4.52 Å². The minimum Gasteiger partial charge on any atom is -0.385 e. The van der Waals surface area contributed by atoms with Crippen LogP contribution < -0.4 is 10.6 Å². The van der Waals surface area contributed by atoms with E-state index in [0.29, 0.717) is 5.69 Å². The number of anilines is 2. The third-order valence-electron chi connectivity index (χ3n) is 3.15. The van der Waals surface area contributed by atoms with Crippen LogP contribution in [0.25, 0.3) is 0 Å². The number of amides is 1. The van der Waals surface area contributed by atoms with E-state index < -0.39 is 0 Å². The van der Waals surface area contributed by atoms with Gasteiger partial charge in [-0.15, -0.1) is 0 Å². The lowest BCUT2D eigenvalue weighted by molar-refractivity contribution is 0.0988. The fourth-order valence-corrected chi connectivity index (χ4v) is 2.22. The summed E-state index contributed by atoms with van der Waals surface area (Å²) < 4.78 is 4.94.